The van der Waals surface area contributed by atoms with Gasteiger partial charge in [-0.15, -0.1) is 0 Å². The second kappa shape index (κ2) is 10.4. The summed E-state index contributed by atoms with van der Waals surface area (Å²) in [6, 6.07) is 14.4. The molecule has 1 N–H and O–H groups in total. The van der Waals surface area contributed by atoms with E-state index in [0.29, 0.717) is 12.7 Å². The van der Waals surface area contributed by atoms with Crippen LogP contribution in [0.2, 0.25) is 0 Å². The van der Waals surface area contributed by atoms with Crippen LogP contribution in [0.3, 0.4) is 0 Å². The van der Waals surface area contributed by atoms with E-state index in [4.69, 9.17) is 14.2 Å². The molecule has 2 aromatic rings. The van der Waals surface area contributed by atoms with E-state index >= 15 is 0 Å². The van der Waals surface area contributed by atoms with Crippen molar-refractivity contribution in [2.24, 2.45) is 0 Å². The van der Waals surface area contributed by atoms with Gasteiger partial charge in [-0.3, -0.25) is 0 Å². The first-order chi connectivity index (χ1) is 12.3. The smallest absolute Gasteiger partial charge is 0.161 e. The molecule has 0 aliphatic carbocycles. The lowest BCUT2D eigenvalue weighted by molar-refractivity contribution is -0.00000707. The average molecular weight is 377 g/mol. The summed E-state index contributed by atoms with van der Waals surface area (Å²) in [5.74, 6) is 1.54. The van der Waals surface area contributed by atoms with Gasteiger partial charge >= 0.3 is 0 Å². The van der Waals surface area contributed by atoms with E-state index in [1.54, 1.807) is 7.11 Å². The van der Waals surface area contributed by atoms with Gasteiger partial charge in [0.05, 0.1) is 13.2 Å². The summed E-state index contributed by atoms with van der Waals surface area (Å²) >= 11 is 0. The van der Waals surface area contributed by atoms with Crippen LogP contribution in [0.15, 0.2) is 42.5 Å². The Morgan fingerprint density at radius 3 is 2.73 bits per heavy atom. The number of hydrogen-bond acceptors (Lipinski definition) is 4. The van der Waals surface area contributed by atoms with Crippen LogP contribution in [0.1, 0.15) is 29.5 Å². The van der Waals surface area contributed by atoms with Crippen molar-refractivity contribution in [3.05, 3.63) is 59.2 Å². The fraction of sp³-hybridized carbons (Fsp3) is 0.429. The molecule has 0 aromatic heterocycles. The Morgan fingerprint density at radius 1 is 1.15 bits per heavy atom. The molecule has 5 heteroatoms. The third-order valence-electron chi connectivity index (χ3n) is 4.60. The second-order valence-electron chi connectivity index (χ2n) is 6.47. The van der Waals surface area contributed by atoms with E-state index in [9.17, 15) is 0 Å². The monoisotopic (exact) mass is 376 g/mol. The number of ether oxygens (including phenoxy) is 3. The van der Waals surface area contributed by atoms with Gasteiger partial charge in [-0.1, -0.05) is 30.3 Å². The Hall–Kier alpha value is -1.75. The van der Waals surface area contributed by atoms with Gasteiger partial charge in [-0.2, -0.15) is 0 Å². The van der Waals surface area contributed by atoms with Crippen LogP contribution < -0.4 is 27.2 Å². The van der Waals surface area contributed by atoms with Crippen molar-refractivity contribution in [3.63, 3.8) is 0 Å². The highest BCUT2D eigenvalue weighted by atomic mass is 35.5. The summed E-state index contributed by atoms with van der Waals surface area (Å²) in [7, 11) is 1.68. The Bertz CT molecular complexity index is 687. The van der Waals surface area contributed by atoms with Gasteiger partial charge in [0.15, 0.2) is 11.5 Å². The summed E-state index contributed by atoms with van der Waals surface area (Å²) in [6.45, 7) is 5.23. The van der Waals surface area contributed by atoms with E-state index in [1.165, 1.54) is 23.1 Å². The number of rotatable bonds is 8. The zero-order valence-corrected chi connectivity index (χ0v) is 16.2. The van der Waals surface area contributed by atoms with Crippen LogP contribution in [0.5, 0.6) is 11.5 Å². The van der Waals surface area contributed by atoms with Gasteiger partial charge in [0.1, 0.15) is 6.61 Å². The molecule has 1 saturated heterocycles. The van der Waals surface area contributed by atoms with Gasteiger partial charge < -0.3 is 31.9 Å². The summed E-state index contributed by atoms with van der Waals surface area (Å²) in [4.78, 5) is 0. The van der Waals surface area contributed by atoms with Crippen LogP contribution in [-0.4, -0.2) is 26.4 Å². The molecule has 26 heavy (non-hydrogen) atoms. The molecule has 0 spiro atoms. The topological polar surface area (TPSA) is 39.7 Å². The van der Waals surface area contributed by atoms with Crippen molar-refractivity contribution < 1.29 is 26.6 Å². The number of methoxy groups -OCH3 is 1. The first-order valence-electron chi connectivity index (χ1n) is 8.93. The van der Waals surface area contributed by atoms with Crippen molar-refractivity contribution in [2.45, 2.75) is 39.0 Å². The summed E-state index contributed by atoms with van der Waals surface area (Å²) < 4.78 is 17.1. The van der Waals surface area contributed by atoms with Crippen LogP contribution >= 0.6 is 0 Å². The molecule has 2 aromatic carbocycles. The zero-order chi connectivity index (χ0) is 17.5. The normalized spacial score (nSPS) is 16.2. The van der Waals surface area contributed by atoms with E-state index in [1.807, 2.05) is 24.3 Å². The number of hydrogen-bond donors (Lipinski definition) is 1. The lowest BCUT2D eigenvalue weighted by Gasteiger charge is -2.14. The Morgan fingerprint density at radius 2 is 2.00 bits per heavy atom. The van der Waals surface area contributed by atoms with Crippen molar-refractivity contribution in [2.75, 3.05) is 20.3 Å². The second-order valence-corrected chi connectivity index (χ2v) is 6.47. The lowest BCUT2D eigenvalue weighted by atomic mass is 10.1. The van der Waals surface area contributed by atoms with Crippen LogP contribution in [0, 0.1) is 6.92 Å². The minimum Gasteiger partial charge on any atom is -1.00 e. The van der Waals surface area contributed by atoms with Crippen molar-refractivity contribution in [1.82, 2.24) is 5.32 Å². The van der Waals surface area contributed by atoms with Crippen molar-refractivity contribution in [3.8, 4) is 11.5 Å². The van der Waals surface area contributed by atoms with Crippen LogP contribution in [-0.2, 0) is 17.9 Å². The molecule has 1 aliphatic rings. The molecule has 1 fully saturated rings. The largest absolute Gasteiger partial charge is 1.00 e. The molecular weight excluding hydrogens is 350 g/mol. The van der Waals surface area contributed by atoms with E-state index in [-0.39, 0.29) is 12.4 Å². The first kappa shape index (κ1) is 20.6. The fourth-order valence-corrected chi connectivity index (χ4v) is 3.05. The van der Waals surface area contributed by atoms with Gasteiger partial charge in [0.25, 0.3) is 0 Å². The molecule has 0 bridgehead atoms. The molecule has 142 valence electrons. The Balaban J connectivity index is 0.00000243. The SMILES string of the molecule is COc1cc(CNCC2CCCO2)ccc1OCc1ccccc1C.[Cl-]. The Labute approximate surface area is 162 Å². The lowest BCUT2D eigenvalue weighted by Crippen LogP contribution is -3.00. The predicted molar refractivity (Wildman–Crippen MR) is 99.2 cm³/mol. The molecule has 3 rings (SSSR count). The third-order valence-corrected chi connectivity index (χ3v) is 4.60. The maximum atomic E-state index is 5.97. The van der Waals surface area contributed by atoms with E-state index in [0.717, 1.165) is 37.6 Å². The zero-order valence-electron chi connectivity index (χ0n) is 15.5. The maximum Gasteiger partial charge on any atom is 0.161 e. The number of halogens is 1. The molecule has 4 nitrogen and oxygen atoms in total. The summed E-state index contributed by atoms with van der Waals surface area (Å²) in [6.07, 6.45) is 2.69. The van der Waals surface area contributed by atoms with Crippen LogP contribution in [0.25, 0.3) is 0 Å². The molecule has 1 unspecified atom stereocenters. The predicted octanol–water partition coefficient (Wildman–Crippen LogP) is 0.855. The minimum atomic E-state index is 0. The fourth-order valence-electron chi connectivity index (χ4n) is 3.05. The molecule has 1 aliphatic heterocycles. The summed E-state index contributed by atoms with van der Waals surface area (Å²) in [5.41, 5.74) is 3.60. The molecule has 0 saturated carbocycles. The Kier molecular flexibility index (Phi) is 8.23. The van der Waals surface area contributed by atoms with E-state index in [2.05, 4.69) is 30.4 Å². The van der Waals surface area contributed by atoms with Crippen LogP contribution in [0.4, 0.5) is 0 Å². The minimum absolute atomic E-state index is 0. The quantitative estimate of drug-likeness (QED) is 0.741. The van der Waals surface area contributed by atoms with Crippen molar-refractivity contribution >= 4 is 0 Å². The van der Waals surface area contributed by atoms with Gasteiger partial charge in [0, 0.05) is 19.7 Å². The number of benzene rings is 2. The van der Waals surface area contributed by atoms with Gasteiger partial charge in [0.2, 0.25) is 0 Å². The highest BCUT2D eigenvalue weighted by molar-refractivity contribution is 5.43. The highest BCUT2D eigenvalue weighted by Crippen LogP contribution is 2.29. The first-order valence-corrected chi connectivity index (χ1v) is 8.93. The van der Waals surface area contributed by atoms with Gasteiger partial charge in [-0.05, 0) is 48.6 Å². The molecule has 1 atom stereocenters. The average Bonchev–Trinajstić information content (AvgIpc) is 3.15. The highest BCUT2D eigenvalue weighted by Gasteiger charge is 2.14. The summed E-state index contributed by atoms with van der Waals surface area (Å²) in [5, 5.41) is 3.46. The standard InChI is InChI=1S/C21H27NO3.ClH/c1-16-6-3-4-7-18(16)15-25-20-10-9-17(12-21(20)23-2)13-22-14-19-8-5-11-24-19;/h3-4,6-7,9-10,12,19,22H,5,8,11,13-15H2,1-2H3;1H/p-1. The third kappa shape index (κ3) is 5.63. The maximum absolute atomic E-state index is 5.97. The molecule has 0 radical (unpaired) electrons. The van der Waals surface area contributed by atoms with Gasteiger partial charge in [-0.25, -0.2) is 0 Å². The molecule has 1 heterocycles. The number of aryl methyl sites for hydroxylation is 1. The van der Waals surface area contributed by atoms with Crippen molar-refractivity contribution in [1.29, 1.82) is 0 Å². The molecular formula is C21H27ClNO3-. The molecule has 0 amide bonds. The van der Waals surface area contributed by atoms with E-state index < -0.39 is 0 Å². The number of nitrogens with one attached hydrogen (secondary N) is 1.